The fraction of sp³-hybridized carbons (Fsp3) is 0.522. The van der Waals surface area contributed by atoms with Crippen LogP contribution in [-0.2, 0) is 16.4 Å². The Morgan fingerprint density at radius 1 is 1.12 bits per heavy atom. The van der Waals surface area contributed by atoms with Gasteiger partial charge in [-0.05, 0) is 45.0 Å². The summed E-state index contributed by atoms with van der Waals surface area (Å²) < 4.78 is 36.1. The number of nitrogens with one attached hydrogen (secondary N) is 1. The highest BCUT2D eigenvalue weighted by molar-refractivity contribution is 7.89. The van der Waals surface area contributed by atoms with Crippen molar-refractivity contribution in [2.45, 2.75) is 45.4 Å². The first-order valence-electron chi connectivity index (χ1n) is 11.8. The van der Waals surface area contributed by atoms with Crippen LogP contribution >= 0.6 is 0 Å². The maximum Gasteiger partial charge on any atom is 0.290 e. The largest absolute Gasteiger partial charge is 0.493 e. The fourth-order valence-electron chi connectivity index (χ4n) is 4.42. The molecule has 10 nitrogen and oxygen atoms in total. The molecule has 0 radical (unpaired) electrons. The highest BCUT2D eigenvalue weighted by atomic mass is 32.2. The number of fused-ring (bicyclic) bond motifs is 1. The van der Waals surface area contributed by atoms with Crippen LogP contribution in [0.3, 0.4) is 0 Å². The van der Waals surface area contributed by atoms with Crippen LogP contribution in [0.15, 0.2) is 27.9 Å². The van der Waals surface area contributed by atoms with Crippen LogP contribution in [0.2, 0.25) is 0 Å². The normalized spacial score (nSPS) is 15.8. The number of nitrogens with zero attached hydrogens (tertiary/aromatic N) is 5. The van der Waals surface area contributed by atoms with Crippen LogP contribution in [0.1, 0.15) is 38.7 Å². The minimum Gasteiger partial charge on any atom is -0.493 e. The van der Waals surface area contributed by atoms with Gasteiger partial charge in [0.2, 0.25) is 10.0 Å². The van der Waals surface area contributed by atoms with Gasteiger partial charge in [-0.2, -0.15) is 9.40 Å². The van der Waals surface area contributed by atoms with E-state index in [1.54, 1.807) is 29.5 Å². The minimum absolute atomic E-state index is 0.172. The Morgan fingerprint density at radius 2 is 1.85 bits per heavy atom. The zero-order valence-corrected chi connectivity index (χ0v) is 21.0. The summed E-state index contributed by atoms with van der Waals surface area (Å²) in [6, 6.07) is 4.83. The standard InChI is InChI=1S/C23H32N6O4S/c1-5-8-20-24-16(4)21-23(30)26-25-22(29(20)21)18-15-17(9-10-19(18)33-7-3)34(31,32)28-13-11-27(6-2)12-14-28/h9-10,15H,5-8,11-14H2,1-4H3,(H,26,30). The van der Waals surface area contributed by atoms with Crippen LogP contribution in [0.5, 0.6) is 5.75 Å². The number of aromatic amines is 1. The first-order chi connectivity index (χ1) is 16.3. The summed E-state index contributed by atoms with van der Waals surface area (Å²) in [6.45, 7) is 11.4. The fourth-order valence-corrected chi connectivity index (χ4v) is 5.87. The molecule has 1 aromatic carbocycles. The number of imidazole rings is 1. The zero-order valence-electron chi connectivity index (χ0n) is 20.2. The molecule has 0 atom stereocenters. The van der Waals surface area contributed by atoms with E-state index in [-0.39, 0.29) is 10.5 Å². The number of aryl methyl sites for hydroxylation is 2. The van der Waals surface area contributed by atoms with Gasteiger partial charge in [0, 0.05) is 32.6 Å². The van der Waals surface area contributed by atoms with Crippen molar-refractivity contribution in [3.05, 3.63) is 40.1 Å². The zero-order chi connectivity index (χ0) is 24.5. The second-order valence-electron chi connectivity index (χ2n) is 8.35. The molecule has 2 aromatic heterocycles. The van der Waals surface area contributed by atoms with Crippen molar-refractivity contribution < 1.29 is 13.2 Å². The van der Waals surface area contributed by atoms with Gasteiger partial charge >= 0.3 is 0 Å². The number of sulfonamides is 1. The molecule has 4 rings (SSSR count). The summed E-state index contributed by atoms with van der Waals surface area (Å²) in [6.07, 6.45) is 1.48. The predicted molar refractivity (Wildman–Crippen MR) is 130 cm³/mol. The van der Waals surface area contributed by atoms with E-state index in [1.807, 2.05) is 13.8 Å². The number of hydrogen-bond donors (Lipinski definition) is 1. The van der Waals surface area contributed by atoms with Crippen LogP contribution in [0.4, 0.5) is 0 Å². The molecule has 0 spiro atoms. The molecule has 34 heavy (non-hydrogen) atoms. The maximum atomic E-state index is 13.5. The molecule has 3 aromatic rings. The Hall–Kier alpha value is -2.76. The van der Waals surface area contributed by atoms with Gasteiger partial charge in [0.05, 0.1) is 22.8 Å². The molecular formula is C23H32N6O4S. The molecule has 0 aliphatic carbocycles. The summed E-state index contributed by atoms with van der Waals surface area (Å²) in [5, 5.41) is 6.88. The molecule has 0 bridgehead atoms. The van der Waals surface area contributed by atoms with E-state index in [1.165, 1.54) is 4.31 Å². The monoisotopic (exact) mass is 488 g/mol. The third-order valence-electron chi connectivity index (χ3n) is 6.19. The summed E-state index contributed by atoms with van der Waals surface area (Å²) in [5.41, 5.74) is 1.15. The average Bonchev–Trinajstić information content (AvgIpc) is 3.17. The molecule has 0 unspecified atom stereocenters. The molecule has 1 aliphatic rings. The van der Waals surface area contributed by atoms with Crippen LogP contribution < -0.4 is 10.3 Å². The number of likely N-dealkylation sites (N-methyl/N-ethyl adjacent to an activating group) is 1. The van der Waals surface area contributed by atoms with Gasteiger partial charge in [-0.25, -0.2) is 18.5 Å². The number of benzene rings is 1. The number of aromatic nitrogens is 4. The lowest BCUT2D eigenvalue weighted by Gasteiger charge is -2.33. The lowest BCUT2D eigenvalue weighted by atomic mass is 10.2. The van der Waals surface area contributed by atoms with E-state index in [0.29, 0.717) is 73.4 Å². The molecular weight excluding hydrogens is 456 g/mol. The third kappa shape index (κ3) is 4.35. The number of rotatable bonds is 8. The number of ether oxygens (including phenoxy) is 1. The lowest BCUT2D eigenvalue weighted by Crippen LogP contribution is -2.48. The van der Waals surface area contributed by atoms with E-state index in [9.17, 15) is 13.2 Å². The SMILES string of the molecule is CCCc1nc(C)c2c(=O)[nH]nc(-c3cc(S(=O)(=O)N4CCN(CC)CC4)ccc3OCC)n12. The topological polar surface area (TPSA) is 113 Å². The molecule has 1 saturated heterocycles. The van der Waals surface area contributed by atoms with Crippen molar-refractivity contribution in [2.24, 2.45) is 0 Å². The maximum absolute atomic E-state index is 13.5. The van der Waals surface area contributed by atoms with Gasteiger partial charge in [-0.15, -0.1) is 0 Å². The molecule has 3 heterocycles. The lowest BCUT2D eigenvalue weighted by molar-refractivity contribution is 0.196. The molecule has 184 valence electrons. The highest BCUT2D eigenvalue weighted by Gasteiger charge is 2.29. The van der Waals surface area contributed by atoms with E-state index in [0.717, 1.165) is 13.0 Å². The van der Waals surface area contributed by atoms with Gasteiger partial charge in [0.15, 0.2) is 5.82 Å². The molecule has 1 aliphatic heterocycles. The quantitative estimate of drug-likeness (QED) is 0.516. The molecule has 0 amide bonds. The molecule has 1 N–H and O–H groups in total. The Bertz CT molecular complexity index is 1340. The van der Waals surface area contributed by atoms with Crippen molar-refractivity contribution in [2.75, 3.05) is 39.3 Å². The van der Waals surface area contributed by atoms with Crippen LogP contribution in [0, 0.1) is 6.92 Å². The second-order valence-corrected chi connectivity index (χ2v) is 10.3. The van der Waals surface area contributed by atoms with E-state index >= 15 is 0 Å². The number of H-pyrrole nitrogens is 1. The van der Waals surface area contributed by atoms with Crippen molar-refractivity contribution in [3.63, 3.8) is 0 Å². The Balaban J connectivity index is 1.87. The van der Waals surface area contributed by atoms with E-state index in [2.05, 4.69) is 27.0 Å². The van der Waals surface area contributed by atoms with Gasteiger partial charge in [-0.3, -0.25) is 9.20 Å². The molecule has 0 saturated carbocycles. The average molecular weight is 489 g/mol. The number of hydrogen-bond acceptors (Lipinski definition) is 7. The Kier molecular flexibility index (Phi) is 7.06. The summed E-state index contributed by atoms with van der Waals surface area (Å²) in [5.74, 6) is 1.59. The van der Waals surface area contributed by atoms with Gasteiger partial charge in [-0.1, -0.05) is 13.8 Å². The van der Waals surface area contributed by atoms with Crippen molar-refractivity contribution in [3.8, 4) is 17.1 Å². The Morgan fingerprint density at radius 3 is 2.50 bits per heavy atom. The minimum atomic E-state index is -3.71. The first kappa shape index (κ1) is 24.4. The molecule has 1 fully saturated rings. The second kappa shape index (κ2) is 9.85. The number of piperazine rings is 1. The first-order valence-corrected chi connectivity index (χ1v) is 13.2. The van der Waals surface area contributed by atoms with Crippen LogP contribution in [0.25, 0.3) is 16.9 Å². The summed E-state index contributed by atoms with van der Waals surface area (Å²) in [7, 11) is -3.71. The van der Waals surface area contributed by atoms with Gasteiger partial charge in [0.1, 0.15) is 17.1 Å². The van der Waals surface area contributed by atoms with Crippen molar-refractivity contribution in [1.29, 1.82) is 0 Å². The summed E-state index contributed by atoms with van der Waals surface area (Å²) >= 11 is 0. The van der Waals surface area contributed by atoms with Crippen LogP contribution in [-0.4, -0.2) is 76.5 Å². The van der Waals surface area contributed by atoms with Gasteiger partial charge in [0.25, 0.3) is 5.56 Å². The Labute approximate surface area is 199 Å². The van der Waals surface area contributed by atoms with E-state index in [4.69, 9.17) is 4.74 Å². The highest BCUT2D eigenvalue weighted by Crippen LogP contribution is 2.33. The van der Waals surface area contributed by atoms with Crippen molar-refractivity contribution >= 4 is 15.5 Å². The predicted octanol–water partition coefficient (Wildman–Crippen LogP) is 2.07. The van der Waals surface area contributed by atoms with E-state index < -0.39 is 10.0 Å². The van der Waals surface area contributed by atoms with Crippen molar-refractivity contribution in [1.82, 2.24) is 28.8 Å². The third-order valence-corrected chi connectivity index (χ3v) is 8.09. The molecule has 11 heteroatoms. The smallest absolute Gasteiger partial charge is 0.290 e. The van der Waals surface area contributed by atoms with Gasteiger partial charge < -0.3 is 9.64 Å². The summed E-state index contributed by atoms with van der Waals surface area (Å²) in [4.78, 5) is 19.6.